The molecule has 1 rings (SSSR count). The van der Waals surface area contributed by atoms with Gasteiger partial charge in [-0.2, -0.15) is 0 Å². The van der Waals surface area contributed by atoms with Gasteiger partial charge in [-0.25, -0.2) is 9.97 Å². The highest BCUT2D eigenvalue weighted by Crippen LogP contribution is 2.04. The Morgan fingerprint density at radius 1 is 1.29 bits per heavy atom. The van der Waals surface area contributed by atoms with E-state index >= 15 is 0 Å². The van der Waals surface area contributed by atoms with Crippen molar-refractivity contribution in [2.75, 3.05) is 0 Å². The molecule has 1 aromatic heterocycles. The van der Waals surface area contributed by atoms with Crippen LogP contribution in [0.4, 0.5) is 0 Å². The van der Waals surface area contributed by atoms with E-state index in [1.165, 1.54) is 0 Å². The summed E-state index contributed by atoms with van der Waals surface area (Å²) >= 11 is 0. The van der Waals surface area contributed by atoms with Crippen molar-refractivity contribution in [2.45, 2.75) is 33.1 Å². The number of carboxylic acid groups (broad SMARTS) is 1. The number of aryl methyl sites for hydroxylation is 2. The molecule has 4 nitrogen and oxygen atoms in total. The van der Waals surface area contributed by atoms with Crippen LogP contribution in [-0.2, 0) is 24.1 Å². The van der Waals surface area contributed by atoms with Crippen LogP contribution in [0.1, 0.15) is 31.1 Å². The molecule has 14 heavy (non-hydrogen) atoms. The van der Waals surface area contributed by atoms with Crippen molar-refractivity contribution >= 4 is 5.97 Å². The number of rotatable bonds is 4. The quantitative estimate of drug-likeness (QED) is 0.783. The van der Waals surface area contributed by atoms with Gasteiger partial charge in [-0.3, -0.25) is 4.79 Å². The maximum atomic E-state index is 10.5. The SMILES string of the molecule is CCc1cc(CC(=O)O)nc(CC)n1. The first-order valence-corrected chi connectivity index (χ1v) is 4.73. The van der Waals surface area contributed by atoms with Crippen LogP contribution in [0.5, 0.6) is 0 Å². The second-order valence-corrected chi connectivity index (χ2v) is 3.04. The number of nitrogens with zero attached hydrogens (tertiary/aromatic N) is 2. The fourth-order valence-electron chi connectivity index (χ4n) is 1.20. The van der Waals surface area contributed by atoms with Gasteiger partial charge in [0.05, 0.1) is 12.1 Å². The van der Waals surface area contributed by atoms with Gasteiger partial charge in [0.1, 0.15) is 5.82 Å². The first-order valence-electron chi connectivity index (χ1n) is 4.73. The zero-order valence-corrected chi connectivity index (χ0v) is 8.45. The third-order valence-corrected chi connectivity index (χ3v) is 1.89. The molecule has 0 spiro atoms. The summed E-state index contributed by atoms with van der Waals surface area (Å²) < 4.78 is 0. The van der Waals surface area contributed by atoms with Crippen molar-refractivity contribution < 1.29 is 9.90 Å². The normalized spacial score (nSPS) is 10.1. The highest BCUT2D eigenvalue weighted by Gasteiger charge is 2.05. The van der Waals surface area contributed by atoms with Crippen LogP contribution < -0.4 is 0 Å². The van der Waals surface area contributed by atoms with E-state index in [-0.39, 0.29) is 6.42 Å². The Kier molecular flexibility index (Phi) is 3.56. The standard InChI is InChI=1S/C10H14N2O2/c1-3-7-5-8(6-10(13)14)12-9(4-2)11-7/h5H,3-4,6H2,1-2H3,(H,13,14). The minimum absolute atomic E-state index is 0.0253. The molecule has 0 aromatic carbocycles. The largest absolute Gasteiger partial charge is 0.481 e. The van der Waals surface area contributed by atoms with Crippen LogP contribution in [0, 0.1) is 0 Å². The summed E-state index contributed by atoms with van der Waals surface area (Å²) in [6, 6.07) is 1.76. The summed E-state index contributed by atoms with van der Waals surface area (Å²) in [4.78, 5) is 18.9. The summed E-state index contributed by atoms with van der Waals surface area (Å²) in [5.41, 5.74) is 1.51. The Morgan fingerprint density at radius 2 is 1.93 bits per heavy atom. The highest BCUT2D eigenvalue weighted by atomic mass is 16.4. The van der Waals surface area contributed by atoms with Gasteiger partial charge < -0.3 is 5.11 Å². The van der Waals surface area contributed by atoms with E-state index in [0.717, 1.165) is 24.4 Å². The van der Waals surface area contributed by atoms with Crippen molar-refractivity contribution in [1.29, 1.82) is 0 Å². The molecule has 0 radical (unpaired) electrons. The Morgan fingerprint density at radius 3 is 2.43 bits per heavy atom. The number of aliphatic carboxylic acids is 1. The molecule has 0 saturated heterocycles. The Labute approximate surface area is 83.0 Å². The Balaban J connectivity index is 2.98. The molecule has 0 amide bonds. The smallest absolute Gasteiger partial charge is 0.309 e. The zero-order chi connectivity index (χ0) is 10.6. The summed E-state index contributed by atoms with van der Waals surface area (Å²) in [7, 11) is 0. The molecule has 1 aromatic rings. The lowest BCUT2D eigenvalue weighted by Crippen LogP contribution is -2.07. The van der Waals surface area contributed by atoms with Crippen LogP contribution in [0.15, 0.2) is 6.07 Å². The fraction of sp³-hybridized carbons (Fsp3) is 0.500. The third kappa shape index (κ3) is 2.80. The summed E-state index contributed by atoms with van der Waals surface area (Å²) in [6.07, 6.45) is 1.52. The number of hydrogen-bond donors (Lipinski definition) is 1. The van der Waals surface area contributed by atoms with Crippen LogP contribution in [-0.4, -0.2) is 21.0 Å². The molecule has 0 fully saturated rings. The van der Waals surface area contributed by atoms with Gasteiger partial charge in [-0.15, -0.1) is 0 Å². The minimum Gasteiger partial charge on any atom is -0.481 e. The van der Waals surface area contributed by atoms with Crippen LogP contribution in [0.3, 0.4) is 0 Å². The molecule has 0 aliphatic carbocycles. The summed E-state index contributed by atoms with van der Waals surface area (Å²) in [6.45, 7) is 3.95. The number of carboxylic acids is 1. The maximum absolute atomic E-state index is 10.5. The van der Waals surface area contributed by atoms with Gasteiger partial charge >= 0.3 is 5.97 Å². The second kappa shape index (κ2) is 4.69. The molecule has 0 unspecified atom stereocenters. The predicted molar refractivity (Wildman–Crippen MR) is 52.1 cm³/mol. The average molecular weight is 194 g/mol. The van der Waals surface area contributed by atoms with E-state index in [2.05, 4.69) is 9.97 Å². The molecule has 0 aliphatic rings. The van der Waals surface area contributed by atoms with Crippen molar-refractivity contribution in [1.82, 2.24) is 9.97 Å². The molecule has 0 aliphatic heterocycles. The van der Waals surface area contributed by atoms with Gasteiger partial charge in [0, 0.05) is 12.1 Å². The monoisotopic (exact) mass is 194 g/mol. The van der Waals surface area contributed by atoms with E-state index in [1.54, 1.807) is 6.07 Å². The van der Waals surface area contributed by atoms with Crippen molar-refractivity contribution in [3.8, 4) is 0 Å². The van der Waals surface area contributed by atoms with Crippen LogP contribution >= 0.6 is 0 Å². The van der Waals surface area contributed by atoms with Gasteiger partial charge in [-0.1, -0.05) is 13.8 Å². The molecular weight excluding hydrogens is 180 g/mol. The maximum Gasteiger partial charge on any atom is 0.309 e. The average Bonchev–Trinajstić information content (AvgIpc) is 2.16. The first-order chi connectivity index (χ1) is 6.65. The van der Waals surface area contributed by atoms with E-state index < -0.39 is 5.97 Å². The number of hydrogen-bond acceptors (Lipinski definition) is 3. The van der Waals surface area contributed by atoms with Crippen LogP contribution in [0.2, 0.25) is 0 Å². The highest BCUT2D eigenvalue weighted by molar-refractivity contribution is 5.69. The van der Waals surface area contributed by atoms with E-state index in [1.807, 2.05) is 13.8 Å². The minimum atomic E-state index is -0.854. The lowest BCUT2D eigenvalue weighted by Gasteiger charge is -2.03. The lowest BCUT2D eigenvalue weighted by molar-refractivity contribution is -0.136. The van der Waals surface area contributed by atoms with E-state index in [0.29, 0.717) is 5.69 Å². The van der Waals surface area contributed by atoms with Crippen molar-refractivity contribution in [3.05, 3.63) is 23.3 Å². The molecule has 1 heterocycles. The van der Waals surface area contributed by atoms with Gasteiger partial charge in [0.25, 0.3) is 0 Å². The fourth-order valence-corrected chi connectivity index (χ4v) is 1.20. The second-order valence-electron chi connectivity index (χ2n) is 3.04. The molecule has 0 saturated carbocycles. The van der Waals surface area contributed by atoms with Crippen molar-refractivity contribution in [3.63, 3.8) is 0 Å². The molecule has 0 atom stereocenters. The van der Waals surface area contributed by atoms with Gasteiger partial charge in [-0.05, 0) is 12.5 Å². The predicted octanol–water partition coefficient (Wildman–Crippen LogP) is 1.23. The number of aromatic nitrogens is 2. The lowest BCUT2D eigenvalue weighted by atomic mass is 10.2. The molecule has 76 valence electrons. The summed E-state index contributed by atoms with van der Waals surface area (Å²) in [5.74, 6) is -0.131. The Bertz CT molecular complexity index is 315. The molecule has 4 heteroatoms. The summed E-state index contributed by atoms with van der Waals surface area (Å²) in [5, 5.41) is 8.63. The third-order valence-electron chi connectivity index (χ3n) is 1.89. The van der Waals surface area contributed by atoms with Crippen molar-refractivity contribution in [2.24, 2.45) is 0 Å². The van der Waals surface area contributed by atoms with Crippen LogP contribution in [0.25, 0.3) is 0 Å². The Hall–Kier alpha value is -1.45. The topological polar surface area (TPSA) is 63.1 Å². The van der Waals surface area contributed by atoms with Gasteiger partial charge in [0.2, 0.25) is 0 Å². The molecular formula is C10H14N2O2. The van der Waals surface area contributed by atoms with E-state index in [9.17, 15) is 4.79 Å². The van der Waals surface area contributed by atoms with Gasteiger partial charge in [0.15, 0.2) is 0 Å². The van der Waals surface area contributed by atoms with E-state index in [4.69, 9.17) is 5.11 Å². The number of carbonyl (C=O) groups is 1. The first kappa shape index (κ1) is 10.6. The molecule has 1 N–H and O–H groups in total. The molecule has 0 bridgehead atoms. The zero-order valence-electron chi connectivity index (χ0n) is 8.45.